The predicted molar refractivity (Wildman–Crippen MR) is 94.4 cm³/mol. The van der Waals surface area contributed by atoms with Crippen LogP contribution < -0.4 is 9.62 Å². The summed E-state index contributed by atoms with van der Waals surface area (Å²) in [4.78, 5) is 9.21. The highest BCUT2D eigenvalue weighted by Gasteiger charge is 2.16. The SMILES string of the molecule is CN1CCN(c2cc(CNS(=O)(=O)c3ccccc3)ccn2)CC1. The third kappa shape index (κ3) is 4.11. The van der Waals surface area contributed by atoms with Crippen molar-refractivity contribution >= 4 is 15.8 Å². The van der Waals surface area contributed by atoms with Gasteiger partial charge in [0.15, 0.2) is 0 Å². The normalized spacial score (nSPS) is 16.3. The molecule has 0 atom stereocenters. The summed E-state index contributed by atoms with van der Waals surface area (Å²) in [6.45, 7) is 4.13. The van der Waals surface area contributed by atoms with Crippen molar-refractivity contribution in [3.05, 3.63) is 54.2 Å². The highest BCUT2D eigenvalue weighted by atomic mass is 32.2. The molecule has 1 fully saturated rings. The number of likely N-dealkylation sites (N-methyl/N-ethyl adjacent to an activating group) is 1. The van der Waals surface area contributed by atoms with Gasteiger partial charge in [-0.05, 0) is 36.9 Å². The van der Waals surface area contributed by atoms with Crippen LogP contribution in [0.4, 0.5) is 5.82 Å². The van der Waals surface area contributed by atoms with Crippen LogP contribution in [0.15, 0.2) is 53.6 Å². The Hall–Kier alpha value is -1.96. The molecule has 0 bridgehead atoms. The molecule has 0 unspecified atom stereocenters. The maximum Gasteiger partial charge on any atom is 0.240 e. The summed E-state index contributed by atoms with van der Waals surface area (Å²) >= 11 is 0. The second kappa shape index (κ2) is 7.29. The van der Waals surface area contributed by atoms with Gasteiger partial charge < -0.3 is 9.80 Å². The monoisotopic (exact) mass is 346 g/mol. The lowest BCUT2D eigenvalue weighted by atomic mass is 10.2. The first kappa shape index (κ1) is 16.9. The first-order chi connectivity index (χ1) is 11.5. The molecule has 1 aliphatic heterocycles. The number of sulfonamides is 1. The summed E-state index contributed by atoms with van der Waals surface area (Å²) in [5.41, 5.74) is 0.901. The van der Waals surface area contributed by atoms with E-state index in [9.17, 15) is 8.42 Å². The highest BCUT2D eigenvalue weighted by Crippen LogP contribution is 2.15. The standard InChI is InChI=1S/C17H22N4O2S/c1-20-9-11-21(12-10-20)17-13-15(7-8-18-17)14-19-24(22,23)16-5-3-2-4-6-16/h2-8,13,19H,9-12,14H2,1H3. The number of piperazine rings is 1. The Morgan fingerprint density at radius 1 is 1.08 bits per heavy atom. The van der Waals surface area contributed by atoms with Gasteiger partial charge in [0, 0.05) is 38.9 Å². The topological polar surface area (TPSA) is 65.5 Å². The quantitative estimate of drug-likeness (QED) is 0.884. The summed E-state index contributed by atoms with van der Waals surface area (Å²) in [5, 5.41) is 0. The van der Waals surface area contributed by atoms with Gasteiger partial charge in [-0.15, -0.1) is 0 Å². The second-order valence-electron chi connectivity index (χ2n) is 5.95. The molecule has 1 N–H and O–H groups in total. The molecule has 1 aromatic heterocycles. The van der Waals surface area contributed by atoms with E-state index in [0.717, 1.165) is 37.6 Å². The van der Waals surface area contributed by atoms with Gasteiger partial charge in [0.1, 0.15) is 5.82 Å². The van der Waals surface area contributed by atoms with E-state index in [4.69, 9.17) is 0 Å². The molecule has 7 heteroatoms. The minimum atomic E-state index is -3.49. The van der Waals surface area contributed by atoms with Gasteiger partial charge in [0.05, 0.1) is 4.90 Å². The average molecular weight is 346 g/mol. The van der Waals surface area contributed by atoms with Crippen LogP contribution in [0, 0.1) is 0 Å². The molecule has 24 heavy (non-hydrogen) atoms. The van der Waals surface area contributed by atoms with Crippen molar-refractivity contribution < 1.29 is 8.42 Å². The van der Waals surface area contributed by atoms with Crippen LogP contribution in [0.25, 0.3) is 0 Å². The van der Waals surface area contributed by atoms with E-state index in [1.54, 1.807) is 36.5 Å². The largest absolute Gasteiger partial charge is 0.354 e. The first-order valence-corrected chi connectivity index (χ1v) is 9.46. The zero-order valence-corrected chi connectivity index (χ0v) is 14.5. The fourth-order valence-corrected chi connectivity index (χ4v) is 3.68. The van der Waals surface area contributed by atoms with Crippen molar-refractivity contribution in [3.63, 3.8) is 0 Å². The maximum absolute atomic E-state index is 12.3. The first-order valence-electron chi connectivity index (χ1n) is 7.98. The summed E-state index contributed by atoms with van der Waals surface area (Å²) in [6, 6.07) is 12.2. The molecule has 2 heterocycles. The Labute approximate surface area is 143 Å². The van der Waals surface area contributed by atoms with Crippen molar-refractivity contribution in [3.8, 4) is 0 Å². The fraction of sp³-hybridized carbons (Fsp3) is 0.353. The number of pyridine rings is 1. The molecule has 6 nitrogen and oxygen atoms in total. The van der Waals surface area contributed by atoms with E-state index in [1.807, 2.05) is 12.1 Å². The Bertz CT molecular complexity index is 772. The Morgan fingerprint density at radius 2 is 1.79 bits per heavy atom. The zero-order chi connectivity index (χ0) is 17.0. The van der Waals surface area contributed by atoms with E-state index < -0.39 is 10.0 Å². The smallest absolute Gasteiger partial charge is 0.240 e. The van der Waals surface area contributed by atoms with E-state index in [2.05, 4.69) is 26.6 Å². The van der Waals surface area contributed by atoms with Crippen LogP contribution in [0.3, 0.4) is 0 Å². The number of nitrogens with zero attached hydrogens (tertiary/aromatic N) is 3. The number of anilines is 1. The Morgan fingerprint density at radius 3 is 2.50 bits per heavy atom. The average Bonchev–Trinajstić information content (AvgIpc) is 2.62. The van der Waals surface area contributed by atoms with Crippen LogP contribution in [0.5, 0.6) is 0 Å². The summed E-state index contributed by atoms with van der Waals surface area (Å²) in [5.74, 6) is 0.902. The predicted octanol–water partition coefficient (Wildman–Crippen LogP) is 1.31. The number of rotatable bonds is 5. The molecular formula is C17H22N4O2S. The molecule has 1 aromatic carbocycles. The zero-order valence-electron chi connectivity index (χ0n) is 13.7. The van der Waals surface area contributed by atoms with E-state index in [1.165, 1.54) is 0 Å². The van der Waals surface area contributed by atoms with Crippen LogP contribution in [0.1, 0.15) is 5.56 Å². The van der Waals surface area contributed by atoms with Gasteiger partial charge in [-0.25, -0.2) is 18.1 Å². The molecule has 0 spiro atoms. The molecule has 128 valence electrons. The third-order valence-electron chi connectivity index (χ3n) is 4.16. The fourth-order valence-electron chi connectivity index (χ4n) is 2.64. The molecule has 0 aliphatic carbocycles. The van der Waals surface area contributed by atoms with E-state index >= 15 is 0 Å². The van der Waals surface area contributed by atoms with Crippen molar-refractivity contribution in [1.29, 1.82) is 0 Å². The van der Waals surface area contributed by atoms with Gasteiger partial charge in [-0.2, -0.15) is 0 Å². The van der Waals surface area contributed by atoms with E-state index in [0.29, 0.717) is 0 Å². The molecule has 1 saturated heterocycles. The summed E-state index contributed by atoms with van der Waals surface area (Å²) < 4.78 is 27.2. The van der Waals surface area contributed by atoms with Gasteiger partial charge in [0.2, 0.25) is 10.0 Å². The Balaban J connectivity index is 1.67. The number of aromatic nitrogens is 1. The Kier molecular flexibility index (Phi) is 5.13. The molecule has 2 aromatic rings. The van der Waals surface area contributed by atoms with Crippen molar-refractivity contribution in [1.82, 2.24) is 14.6 Å². The van der Waals surface area contributed by atoms with Crippen molar-refractivity contribution in [2.45, 2.75) is 11.4 Å². The second-order valence-corrected chi connectivity index (χ2v) is 7.72. The summed E-state index contributed by atoms with van der Waals surface area (Å²) in [7, 11) is -1.38. The van der Waals surface area contributed by atoms with Crippen molar-refractivity contribution in [2.24, 2.45) is 0 Å². The van der Waals surface area contributed by atoms with Gasteiger partial charge in [-0.1, -0.05) is 18.2 Å². The van der Waals surface area contributed by atoms with E-state index in [-0.39, 0.29) is 11.4 Å². The van der Waals surface area contributed by atoms with Gasteiger partial charge in [-0.3, -0.25) is 0 Å². The minimum Gasteiger partial charge on any atom is -0.354 e. The molecular weight excluding hydrogens is 324 g/mol. The number of benzene rings is 1. The molecule has 0 amide bonds. The van der Waals surface area contributed by atoms with Gasteiger partial charge in [0.25, 0.3) is 0 Å². The maximum atomic E-state index is 12.3. The van der Waals surface area contributed by atoms with Crippen LogP contribution >= 0.6 is 0 Å². The minimum absolute atomic E-state index is 0.250. The lowest BCUT2D eigenvalue weighted by Gasteiger charge is -2.33. The van der Waals surface area contributed by atoms with Crippen LogP contribution in [-0.4, -0.2) is 51.5 Å². The van der Waals surface area contributed by atoms with Gasteiger partial charge >= 0.3 is 0 Å². The highest BCUT2D eigenvalue weighted by molar-refractivity contribution is 7.89. The lowest BCUT2D eigenvalue weighted by molar-refractivity contribution is 0.312. The summed E-state index contributed by atoms with van der Waals surface area (Å²) in [6.07, 6.45) is 1.74. The molecule has 1 aliphatic rings. The molecule has 0 radical (unpaired) electrons. The molecule has 0 saturated carbocycles. The van der Waals surface area contributed by atoms with Crippen LogP contribution in [0.2, 0.25) is 0 Å². The number of nitrogens with one attached hydrogen (secondary N) is 1. The lowest BCUT2D eigenvalue weighted by Crippen LogP contribution is -2.44. The number of hydrogen-bond donors (Lipinski definition) is 1. The number of hydrogen-bond acceptors (Lipinski definition) is 5. The van der Waals surface area contributed by atoms with Crippen LogP contribution in [-0.2, 0) is 16.6 Å². The third-order valence-corrected chi connectivity index (χ3v) is 5.57. The molecule has 3 rings (SSSR count). The van der Waals surface area contributed by atoms with Crippen molar-refractivity contribution in [2.75, 3.05) is 38.1 Å².